The third-order valence-corrected chi connectivity index (χ3v) is 6.48. The summed E-state index contributed by atoms with van der Waals surface area (Å²) in [4.78, 5) is 0. The molecular formula is C27H25ClN4O3. The van der Waals surface area contributed by atoms with E-state index in [0.717, 1.165) is 28.1 Å². The summed E-state index contributed by atoms with van der Waals surface area (Å²) in [6.45, 7) is 0.639. The van der Waals surface area contributed by atoms with Crippen molar-refractivity contribution in [1.82, 2.24) is 14.3 Å². The summed E-state index contributed by atoms with van der Waals surface area (Å²) in [7, 11) is 3.26. The molecule has 2 atom stereocenters. The number of hydrogen-bond donors (Lipinski definition) is 0. The smallest absolute Gasteiger partial charge is 0.166 e. The third-order valence-electron chi connectivity index (χ3n) is 6.25. The Hall–Kier alpha value is -3.73. The summed E-state index contributed by atoms with van der Waals surface area (Å²) in [6, 6.07) is 17.9. The molecule has 178 valence electrons. The van der Waals surface area contributed by atoms with E-state index in [-0.39, 0.29) is 6.10 Å². The summed E-state index contributed by atoms with van der Waals surface area (Å²) in [5, 5.41) is 14.0. The van der Waals surface area contributed by atoms with Crippen molar-refractivity contribution in [3.8, 4) is 23.3 Å². The maximum atomic E-state index is 8.96. The molecule has 35 heavy (non-hydrogen) atoms. The largest absolute Gasteiger partial charge is 0.493 e. The van der Waals surface area contributed by atoms with Crippen molar-refractivity contribution in [2.75, 3.05) is 14.2 Å². The fraction of sp³-hybridized carbons (Fsp3) is 0.259. The van der Waals surface area contributed by atoms with E-state index in [0.29, 0.717) is 35.9 Å². The highest BCUT2D eigenvalue weighted by Gasteiger charge is 2.32. The van der Waals surface area contributed by atoms with Crippen LogP contribution in [0.15, 0.2) is 67.1 Å². The molecule has 2 aromatic carbocycles. The monoisotopic (exact) mass is 488 g/mol. The number of aromatic nitrogens is 3. The molecule has 0 radical (unpaired) electrons. The molecule has 2 aromatic heterocycles. The topological polar surface area (TPSA) is 74.2 Å². The Morgan fingerprint density at radius 1 is 1.11 bits per heavy atom. The lowest BCUT2D eigenvalue weighted by atomic mass is 9.98. The minimum Gasteiger partial charge on any atom is -0.493 e. The highest BCUT2D eigenvalue weighted by molar-refractivity contribution is 6.30. The summed E-state index contributed by atoms with van der Waals surface area (Å²) in [5.41, 5.74) is 4.75. The second-order valence-electron chi connectivity index (χ2n) is 8.33. The molecule has 0 N–H and O–H groups in total. The minimum absolute atomic E-state index is 0.235. The van der Waals surface area contributed by atoms with E-state index in [2.05, 4.69) is 21.8 Å². The van der Waals surface area contributed by atoms with Crippen LogP contribution in [0.3, 0.4) is 0 Å². The zero-order chi connectivity index (χ0) is 24.4. The molecule has 0 saturated carbocycles. The Labute approximate surface area is 209 Å². The molecule has 1 aliphatic heterocycles. The van der Waals surface area contributed by atoms with Crippen LogP contribution in [0.2, 0.25) is 5.02 Å². The summed E-state index contributed by atoms with van der Waals surface area (Å²) < 4.78 is 22.2. The lowest BCUT2D eigenvalue weighted by molar-refractivity contribution is -0.00167. The average Bonchev–Trinajstić information content (AvgIpc) is 3.51. The highest BCUT2D eigenvalue weighted by atomic mass is 35.5. The van der Waals surface area contributed by atoms with E-state index in [1.54, 1.807) is 20.4 Å². The molecule has 3 heterocycles. The van der Waals surface area contributed by atoms with Crippen molar-refractivity contribution in [1.29, 1.82) is 5.26 Å². The number of para-hydroxylation sites is 1. The molecule has 1 aliphatic rings. The van der Waals surface area contributed by atoms with E-state index in [1.165, 1.54) is 0 Å². The second-order valence-corrected chi connectivity index (χ2v) is 8.77. The van der Waals surface area contributed by atoms with Gasteiger partial charge in [-0.15, -0.1) is 0 Å². The van der Waals surface area contributed by atoms with Gasteiger partial charge >= 0.3 is 0 Å². The molecule has 7 nitrogen and oxygen atoms in total. The normalized spacial score (nSPS) is 16.6. The van der Waals surface area contributed by atoms with Gasteiger partial charge in [0, 0.05) is 40.7 Å². The molecule has 0 unspecified atom stereocenters. The molecule has 8 heteroatoms. The first kappa shape index (κ1) is 23.0. The van der Waals surface area contributed by atoms with Gasteiger partial charge in [0.1, 0.15) is 12.2 Å². The lowest BCUT2D eigenvalue weighted by Crippen LogP contribution is -2.14. The van der Waals surface area contributed by atoms with Crippen molar-refractivity contribution in [2.24, 2.45) is 0 Å². The molecule has 0 fully saturated rings. The van der Waals surface area contributed by atoms with Gasteiger partial charge < -0.3 is 18.8 Å². The van der Waals surface area contributed by atoms with Crippen molar-refractivity contribution in [3.05, 3.63) is 94.5 Å². The lowest BCUT2D eigenvalue weighted by Gasteiger charge is -2.25. The van der Waals surface area contributed by atoms with Crippen LogP contribution in [0.1, 0.15) is 41.0 Å². The Balaban J connectivity index is 1.58. The van der Waals surface area contributed by atoms with Crippen LogP contribution in [-0.2, 0) is 17.7 Å². The molecule has 4 aromatic rings. The van der Waals surface area contributed by atoms with Gasteiger partial charge in [0.15, 0.2) is 11.5 Å². The van der Waals surface area contributed by atoms with Gasteiger partial charge in [0.25, 0.3) is 0 Å². The quantitative estimate of drug-likeness (QED) is 0.335. The standard InChI is InChI=1S/C27H25ClN4O3/c1-33-25-7-3-5-20(27(25)34-2)26-21-15-19(28)8-9-22(21)32-13-4-6-23(32)24(35-26)11-14-31-17-18(10-12-29)16-30-31/h3-9,13,15-17,24,26H,10-11,14H2,1-2H3/t24-,26-/m1/s1. The fourth-order valence-corrected chi connectivity index (χ4v) is 4.85. The Morgan fingerprint density at radius 2 is 2.00 bits per heavy atom. The number of hydrogen-bond acceptors (Lipinski definition) is 5. The van der Waals surface area contributed by atoms with E-state index in [1.807, 2.05) is 59.5 Å². The van der Waals surface area contributed by atoms with Crippen LogP contribution in [0.4, 0.5) is 0 Å². The number of nitrogens with zero attached hydrogens (tertiary/aromatic N) is 4. The number of methoxy groups -OCH3 is 2. The molecule has 0 bridgehead atoms. The van der Waals surface area contributed by atoms with E-state index in [4.69, 9.17) is 31.1 Å². The number of benzene rings is 2. The first-order chi connectivity index (χ1) is 17.1. The Bertz CT molecular complexity index is 1390. The van der Waals surface area contributed by atoms with Gasteiger partial charge in [0.05, 0.1) is 44.3 Å². The second kappa shape index (κ2) is 9.87. The van der Waals surface area contributed by atoms with Crippen LogP contribution in [0.5, 0.6) is 11.5 Å². The summed E-state index contributed by atoms with van der Waals surface area (Å²) >= 11 is 6.47. The van der Waals surface area contributed by atoms with Crippen LogP contribution < -0.4 is 9.47 Å². The van der Waals surface area contributed by atoms with Gasteiger partial charge in [-0.25, -0.2) is 0 Å². The fourth-order valence-electron chi connectivity index (χ4n) is 4.67. The van der Waals surface area contributed by atoms with Crippen molar-refractivity contribution in [2.45, 2.75) is 31.6 Å². The molecule has 0 amide bonds. The zero-order valence-electron chi connectivity index (χ0n) is 19.5. The number of fused-ring (bicyclic) bond motifs is 3. The molecule has 5 rings (SSSR count). The number of rotatable bonds is 7. The zero-order valence-corrected chi connectivity index (χ0v) is 20.3. The Morgan fingerprint density at radius 3 is 2.80 bits per heavy atom. The van der Waals surface area contributed by atoms with Gasteiger partial charge in [-0.3, -0.25) is 4.68 Å². The van der Waals surface area contributed by atoms with Crippen LogP contribution in [0.25, 0.3) is 5.69 Å². The van der Waals surface area contributed by atoms with Gasteiger partial charge in [-0.05, 0) is 42.8 Å². The van der Waals surface area contributed by atoms with Gasteiger partial charge in [-0.2, -0.15) is 10.4 Å². The van der Waals surface area contributed by atoms with E-state index >= 15 is 0 Å². The third kappa shape index (κ3) is 4.39. The first-order valence-electron chi connectivity index (χ1n) is 11.3. The number of halogens is 1. The summed E-state index contributed by atoms with van der Waals surface area (Å²) in [5.74, 6) is 1.27. The molecular weight excluding hydrogens is 464 g/mol. The predicted molar refractivity (Wildman–Crippen MR) is 132 cm³/mol. The number of aryl methyl sites for hydroxylation is 1. The minimum atomic E-state index is -0.439. The highest BCUT2D eigenvalue weighted by Crippen LogP contribution is 2.46. The maximum Gasteiger partial charge on any atom is 0.166 e. The van der Waals surface area contributed by atoms with Gasteiger partial charge in [0.2, 0.25) is 0 Å². The summed E-state index contributed by atoms with van der Waals surface area (Å²) in [6.07, 6.45) is 6.05. The SMILES string of the molecule is COc1cccc([C@H]2O[C@H](CCn3cc(CC#N)cn3)c3cccn3-c3ccc(Cl)cc32)c1OC. The predicted octanol–water partition coefficient (Wildman–Crippen LogP) is 5.66. The Kier molecular flexibility index (Phi) is 6.49. The van der Waals surface area contributed by atoms with Crippen LogP contribution in [0, 0.1) is 11.3 Å². The van der Waals surface area contributed by atoms with Crippen molar-refractivity contribution < 1.29 is 14.2 Å². The molecule has 0 saturated heterocycles. The molecule has 0 spiro atoms. The first-order valence-corrected chi connectivity index (χ1v) is 11.7. The number of nitriles is 1. The van der Waals surface area contributed by atoms with E-state index in [9.17, 15) is 0 Å². The van der Waals surface area contributed by atoms with Gasteiger partial charge in [-0.1, -0.05) is 23.7 Å². The van der Waals surface area contributed by atoms with Crippen molar-refractivity contribution >= 4 is 11.6 Å². The maximum absolute atomic E-state index is 8.96. The van der Waals surface area contributed by atoms with E-state index < -0.39 is 6.10 Å². The molecule has 0 aliphatic carbocycles. The van der Waals surface area contributed by atoms with Crippen LogP contribution in [-0.4, -0.2) is 28.6 Å². The van der Waals surface area contributed by atoms with Crippen LogP contribution >= 0.6 is 11.6 Å². The number of ether oxygens (including phenoxy) is 3. The van der Waals surface area contributed by atoms with Crippen molar-refractivity contribution in [3.63, 3.8) is 0 Å². The average molecular weight is 489 g/mol.